The second-order valence-corrected chi connectivity index (χ2v) is 5.14. The Hall–Kier alpha value is -3.02. The highest BCUT2D eigenvalue weighted by atomic mass is 16.1. The van der Waals surface area contributed by atoms with Gasteiger partial charge in [0.05, 0.1) is 6.04 Å². The van der Waals surface area contributed by atoms with Crippen molar-refractivity contribution in [3.63, 3.8) is 0 Å². The molecule has 0 unspecified atom stereocenters. The zero-order valence-electron chi connectivity index (χ0n) is 11.9. The topological polar surface area (TPSA) is 65.1 Å². The van der Waals surface area contributed by atoms with Crippen molar-refractivity contribution in [2.75, 3.05) is 0 Å². The van der Waals surface area contributed by atoms with Gasteiger partial charge in [-0.25, -0.2) is 9.67 Å². The maximum Gasteiger partial charge on any atom is 0.298 e. The van der Waals surface area contributed by atoms with E-state index in [2.05, 4.69) is 15.3 Å². The molecule has 0 fully saturated rings. The molecule has 22 heavy (non-hydrogen) atoms. The molecule has 4 rings (SSSR count). The highest BCUT2D eigenvalue weighted by Gasteiger charge is 2.16. The van der Waals surface area contributed by atoms with E-state index in [0.29, 0.717) is 16.8 Å². The molecular formula is C16H13N5O. The predicted octanol–water partition coefficient (Wildman–Crippen LogP) is 2.05. The Morgan fingerprint density at radius 2 is 1.82 bits per heavy atom. The predicted molar refractivity (Wildman–Crippen MR) is 82.8 cm³/mol. The van der Waals surface area contributed by atoms with Crippen LogP contribution >= 0.6 is 0 Å². The van der Waals surface area contributed by atoms with Crippen LogP contribution in [0, 0.1) is 0 Å². The van der Waals surface area contributed by atoms with Crippen LogP contribution in [-0.4, -0.2) is 24.4 Å². The molecule has 0 saturated heterocycles. The van der Waals surface area contributed by atoms with Gasteiger partial charge in [0.15, 0.2) is 11.2 Å². The summed E-state index contributed by atoms with van der Waals surface area (Å²) in [6.07, 6.45) is 1.82. The number of fused-ring (bicyclic) bond motifs is 3. The van der Waals surface area contributed by atoms with Crippen LogP contribution in [0.15, 0.2) is 59.5 Å². The maximum absolute atomic E-state index is 12.7. The molecule has 0 radical (unpaired) electrons. The van der Waals surface area contributed by atoms with E-state index in [9.17, 15) is 4.79 Å². The van der Waals surface area contributed by atoms with Gasteiger partial charge < -0.3 is 0 Å². The number of pyridine rings is 1. The fourth-order valence-electron chi connectivity index (χ4n) is 2.59. The van der Waals surface area contributed by atoms with Gasteiger partial charge in [0.25, 0.3) is 5.56 Å². The second-order valence-electron chi connectivity index (χ2n) is 5.14. The Bertz CT molecular complexity index is 1020. The van der Waals surface area contributed by atoms with E-state index in [1.165, 1.54) is 4.68 Å². The van der Waals surface area contributed by atoms with Gasteiger partial charge in [0.1, 0.15) is 5.65 Å². The summed E-state index contributed by atoms with van der Waals surface area (Å²) in [5.41, 5.74) is 2.28. The molecule has 0 N–H and O–H groups in total. The van der Waals surface area contributed by atoms with Crippen LogP contribution < -0.4 is 5.56 Å². The average molecular weight is 291 g/mol. The van der Waals surface area contributed by atoms with E-state index in [0.717, 1.165) is 5.56 Å². The summed E-state index contributed by atoms with van der Waals surface area (Å²) >= 11 is 0. The van der Waals surface area contributed by atoms with Crippen molar-refractivity contribution in [1.29, 1.82) is 0 Å². The minimum Gasteiger partial charge on any atom is -0.282 e. The summed E-state index contributed by atoms with van der Waals surface area (Å²) in [6, 6.07) is 15.1. The molecule has 0 aliphatic rings. The van der Waals surface area contributed by atoms with Gasteiger partial charge in [-0.05, 0) is 24.6 Å². The lowest BCUT2D eigenvalue weighted by molar-refractivity contribution is 0.506. The van der Waals surface area contributed by atoms with Gasteiger partial charge >= 0.3 is 0 Å². The molecule has 0 bridgehead atoms. The first-order valence-electron chi connectivity index (χ1n) is 7.03. The number of imidazole rings is 1. The number of aromatic nitrogens is 5. The quantitative estimate of drug-likeness (QED) is 0.567. The third kappa shape index (κ3) is 1.81. The molecule has 1 aromatic carbocycles. The van der Waals surface area contributed by atoms with Crippen molar-refractivity contribution in [2.45, 2.75) is 13.0 Å². The number of hydrogen-bond donors (Lipinski definition) is 0. The van der Waals surface area contributed by atoms with Gasteiger partial charge in [-0.3, -0.25) is 9.20 Å². The molecule has 0 spiro atoms. The molecule has 3 heterocycles. The molecule has 0 amide bonds. The summed E-state index contributed by atoms with van der Waals surface area (Å²) in [5, 5.41) is 8.29. The molecule has 0 aliphatic heterocycles. The SMILES string of the molecule is C[C@H](c1ccccc1)n1nnc2c(nc3ccccn32)c1=O. The van der Waals surface area contributed by atoms with Gasteiger partial charge in [-0.1, -0.05) is 41.6 Å². The summed E-state index contributed by atoms with van der Waals surface area (Å²) < 4.78 is 3.14. The fraction of sp³-hybridized carbons (Fsp3) is 0.125. The third-order valence-electron chi connectivity index (χ3n) is 3.80. The second kappa shape index (κ2) is 4.77. The van der Waals surface area contributed by atoms with E-state index in [4.69, 9.17) is 0 Å². The lowest BCUT2D eigenvalue weighted by Crippen LogP contribution is -2.28. The first kappa shape index (κ1) is 12.7. The molecule has 4 aromatic rings. The largest absolute Gasteiger partial charge is 0.298 e. The van der Waals surface area contributed by atoms with Crippen LogP contribution in [0.1, 0.15) is 18.5 Å². The molecule has 0 aliphatic carbocycles. The highest BCUT2D eigenvalue weighted by Crippen LogP contribution is 2.15. The molecule has 0 saturated carbocycles. The normalized spacial score (nSPS) is 12.8. The van der Waals surface area contributed by atoms with E-state index >= 15 is 0 Å². The number of hydrogen-bond acceptors (Lipinski definition) is 4. The van der Waals surface area contributed by atoms with Gasteiger partial charge in [-0.2, -0.15) is 0 Å². The minimum absolute atomic E-state index is 0.199. The van der Waals surface area contributed by atoms with Crippen molar-refractivity contribution in [3.8, 4) is 0 Å². The van der Waals surface area contributed by atoms with Crippen LogP contribution in [0.3, 0.4) is 0 Å². The minimum atomic E-state index is -0.231. The fourth-order valence-corrected chi connectivity index (χ4v) is 2.59. The van der Waals surface area contributed by atoms with Gasteiger partial charge in [0, 0.05) is 6.20 Å². The van der Waals surface area contributed by atoms with Crippen molar-refractivity contribution >= 4 is 16.8 Å². The molecule has 6 heteroatoms. The van der Waals surface area contributed by atoms with Crippen molar-refractivity contribution in [2.24, 2.45) is 0 Å². The summed E-state index contributed by atoms with van der Waals surface area (Å²) in [7, 11) is 0. The van der Waals surface area contributed by atoms with Crippen LogP contribution in [0.5, 0.6) is 0 Å². The van der Waals surface area contributed by atoms with Crippen molar-refractivity contribution in [3.05, 3.63) is 70.6 Å². The number of nitrogens with zero attached hydrogens (tertiary/aromatic N) is 5. The smallest absolute Gasteiger partial charge is 0.282 e. The maximum atomic E-state index is 12.7. The lowest BCUT2D eigenvalue weighted by atomic mass is 10.1. The first-order chi connectivity index (χ1) is 10.8. The average Bonchev–Trinajstić information content (AvgIpc) is 2.95. The Kier molecular flexibility index (Phi) is 2.75. The highest BCUT2D eigenvalue weighted by molar-refractivity contribution is 5.74. The van der Waals surface area contributed by atoms with Crippen LogP contribution in [0.4, 0.5) is 0 Å². The molecular weight excluding hydrogens is 278 g/mol. The Labute approximate surface area is 125 Å². The Balaban J connectivity index is 1.95. The summed E-state index contributed by atoms with van der Waals surface area (Å²) in [5.74, 6) is 0. The lowest BCUT2D eigenvalue weighted by Gasteiger charge is -2.12. The van der Waals surface area contributed by atoms with E-state index in [-0.39, 0.29) is 11.6 Å². The van der Waals surface area contributed by atoms with Crippen molar-refractivity contribution < 1.29 is 0 Å². The van der Waals surface area contributed by atoms with E-state index < -0.39 is 0 Å². The first-order valence-corrected chi connectivity index (χ1v) is 7.03. The molecule has 1 atom stereocenters. The third-order valence-corrected chi connectivity index (χ3v) is 3.80. The monoisotopic (exact) mass is 291 g/mol. The van der Waals surface area contributed by atoms with Crippen LogP contribution in [-0.2, 0) is 0 Å². The van der Waals surface area contributed by atoms with Gasteiger partial charge in [-0.15, -0.1) is 5.10 Å². The Morgan fingerprint density at radius 1 is 1.05 bits per heavy atom. The molecule has 3 aromatic heterocycles. The van der Waals surface area contributed by atoms with Crippen LogP contribution in [0.25, 0.3) is 16.8 Å². The van der Waals surface area contributed by atoms with Crippen molar-refractivity contribution in [1.82, 2.24) is 24.4 Å². The van der Waals surface area contributed by atoms with Gasteiger partial charge in [0.2, 0.25) is 0 Å². The standard InChI is InChI=1S/C16H13N5O/c1-11(12-7-3-2-4-8-12)21-16(22)14-15(18-19-21)20-10-6-5-9-13(20)17-14/h2-11H,1H3/t11-/m1/s1. The van der Waals surface area contributed by atoms with E-state index in [1.807, 2.05) is 61.7 Å². The number of rotatable bonds is 2. The zero-order chi connectivity index (χ0) is 15.1. The summed E-state index contributed by atoms with van der Waals surface area (Å²) in [6.45, 7) is 1.92. The number of benzene rings is 1. The zero-order valence-corrected chi connectivity index (χ0v) is 11.9. The molecule has 6 nitrogen and oxygen atoms in total. The van der Waals surface area contributed by atoms with Crippen LogP contribution in [0.2, 0.25) is 0 Å². The molecule has 108 valence electrons. The summed E-state index contributed by atoms with van der Waals surface area (Å²) in [4.78, 5) is 17.1. The Morgan fingerprint density at radius 3 is 2.64 bits per heavy atom. The van der Waals surface area contributed by atoms with E-state index in [1.54, 1.807) is 4.40 Å².